The second-order valence-electron chi connectivity index (χ2n) is 6.42. The third-order valence-electron chi connectivity index (χ3n) is 4.02. The lowest BCUT2D eigenvalue weighted by Crippen LogP contribution is -2.31. The number of aromatic nitrogens is 3. The van der Waals surface area contributed by atoms with Gasteiger partial charge < -0.3 is 15.3 Å². The fraction of sp³-hybridized carbons (Fsp3) is 0.158. The van der Waals surface area contributed by atoms with Crippen LogP contribution in [0, 0.1) is 5.21 Å². The van der Waals surface area contributed by atoms with Crippen molar-refractivity contribution in [3.05, 3.63) is 70.0 Å². The van der Waals surface area contributed by atoms with Crippen LogP contribution in [0.4, 0.5) is 17.5 Å². The van der Waals surface area contributed by atoms with Crippen LogP contribution in [0.1, 0.15) is 15.9 Å². The summed E-state index contributed by atoms with van der Waals surface area (Å²) in [4.78, 5) is 19.5. The molecular weight excluding hydrogens is 446 g/mol. The first-order valence-electron chi connectivity index (χ1n) is 8.82. The molecule has 0 radical (unpaired) electrons. The molecule has 10 nitrogen and oxygen atoms in total. The van der Waals surface area contributed by atoms with E-state index in [4.69, 9.17) is 11.6 Å². The first-order chi connectivity index (χ1) is 14.7. The van der Waals surface area contributed by atoms with Crippen molar-refractivity contribution in [2.45, 2.75) is 11.7 Å². The summed E-state index contributed by atoms with van der Waals surface area (Å²) in [6.07, 6.45) is 2.01. The monoisotopic (exact) mass is 463 g/mol. The summed E-state index contributed by atoms with van der Waals surface area (Å²) in [5.41, 5.74) is 0.960. The number of carbonyl (C=O) groups excluding carboxylic acids is 1. The van der Waals surface area contributed by atoms with E-state index in [1.54, 1.807) is 12.1 Å². The van der Waals surface area contributed by atoms with E-state index in [0.29, 0.717) is 16.3 Å². The lowest BCUT2D eigenvalue weighted by molar-refractivity contribution is -0.590. The van der Waals surface area contributed by atoms with Crippen molar-refractivity contribution in [2.75, 3.05) is 24.0 Å². The number of benzene rings is 1. The van der Waals surface area contributed by atoms with Gasteiger partial charge in [-0.2, -0.15) is 4.98 Å². The quantitative estimate of drug-likeness (QED) is 0.234. The summed E-state index contributed by atoms with van der Waals surface area (Å²) in [7, 11) is -2.52. The highest BCUT2D eigenvalue weighted by Crippen LogP contribution is 2.19. The van der Waals surface area contributed by atoms with Crippen molar-refractivity contribution in [1.29, 1.82) is 0 Å². The van der Waals surface area contributed by atoms with E-state index in [9.17, 15) is 18.4 Å². The van der Waals surface area contributed by atoms with E-state index < -0.39 is 21.0 Å². The smallest absolute Gasteiger partial charge is 0.341 e. The Morgan fingerprint density at radius 3 is 2.45 bits per heavy atom. The molecule has 0 saturated carbocycles. The molecule has 3 aromatic rings. The number of methoxy groups -OCH3 is 1. The van der Waals surface area contributed by atoms with E-state index in [1.165, 1.54) is 25.3 Å². The standard InChI is InChI=1S/C19H18ClN5O5S/c1-30-18(26)13-5-8-17(25(27)11-13)22-16-9-15(23-19(24-16)31(2,28)29)21-10-12-3-6-14(20)7-4-12/h3-9,11H,10H2,1-2H3,(H2,21,22,23,24). The van der Waals surface area contributed by atoms with Gasteiger partial charge >= 0.3 is 5.97 Å². The van der Waals surface area contributed by atoms with Crippen LogP contribution in [0.5, 0.6) is 0 Å². The lowest BCUT2D eigenvalue weighted by Gasteiger charge is -2.11. The number of ether oxygens (including phenoxy) is 1. The lowest BCUT2D eigenvalue weighted by atomic mass is 10.2. The highest BCUT2D eigenvalue weighted by molar-refractivity contribution is 7.90. The van der Waals surface area contributed by atoms with Gasteiger partial charge in [0.25, 0.3) is 11.0 Å². The molecule has 0 saturated heterocycles. The zero-order valence-electron chi connectivity index (χ0n) is 16.5. The number of pyridine rings is 1. The van der Waals surface area contributed by atoms with Crippen molar-refractivity contribution in [1.82, 2.24) is 9.97 Å². The molecule has 2 N–H and O–H groups in total. The van der Waals surface area contributed by atoms with E-state index >= 15 is 0 Å². The number of esters is 1. The number of nitrogens with zero attached hydrogens (tertiary/aromatic N) is 3. The number of halogens is 1. The van der Waals surface area contributed by atoms with Crippen molar-refractivity contribution in [3.8, 4) is 0 Å². The first kappa shape index (κ1) is 22.2. The Hall–Kier alpha value is -3.44. The summed E-state index contributed by atoms with van der Waals surface area (Å²) in [6.45, 7) is 0.353. The average Bonchev–Trinajstić information content (AvgIpc) is 2.73. The van der Waals surface area contributed by atoms with Crippen LogP contribution in [-0.4, -0.2) is 37.7 Å². The molecule has 0 aliphatic heterocycles. The predicted molar refractivity (Wildman–Crippen MR) is 114 cm³/mol. The Morgan fingerprint density at radius 1 is 1.16 bits per heavy atom. The highest BCUT2D eigenvalue weighted by Gasteiger charge is 2.18. The predicted octanol–water partition coefficient (Wildman–Crippen LogP) is 2.31. The van der Waals surface area contributed by atoms with Crippen LogP contribution < -0.4 is 15.4 Å². The van der Waals surface area contributed by atoms with Gasteiger partial charge in [-0.1, -0.05) is 23.7 Å². The minimum atomic E-state index is -3.73. The van der Waals surface area contributed by atoms with Crippen molar-refractivity contribution < 1.29 is 22.7 Å². The summed E-state index contributed by atoms with van der Waals surface area (Å²) >= 11 is 5.88. The van der Waals surface area contributed by atoms with Gasteiger partial charge in [-0.25, -0.2) is 28.2 Å². The molecule has 0 aliphatic carbocycles. The molecule has 1 aromatic carbocycles. The minimum Gasteiger partial charge on any atom is -0.711 e. The topological polar surface area (TPSA) is 137 Å². The molecule has 2 heterocycles. The molecule has 2 aromatic heterocycles. The Morgan fingerprint density at radius 2 is 1.84 bits per heavy atom. The molecule has 0 bridgehead atoms. The number of hydrogen-bond donors (Lipinski definition) is 2. The molecule has 0 atom stereocenters. The van der Waals surface area contributed by atoms with Gasteiger partial charge in [0.1, 0.15) is 12.0 Å². The fourth-order valence-corrected chi connectivity index (χ4v) is 3.14. The molecule has 3 rings (SSSR count). The molecule has 0 fully saturated rings. The molecule has 0 amide bonds. The van der Waals surface area contributed by atoms with E-state index in [0.717, 1.165) is 18.0 Å². The maximum absolute atomic E-state index is 12.2. The normalized spacial score (nSPS) is 11.1. The largest absolute Gasteiger partial charge is 0.711 e. The van der Waals surface area contributed by atoms with Gasteiger partial charge in [0, 0.05) is 30.0 Å². The summed E-state index contributed by atoms with van der Waals surface area (Å²) in [5.74, 6) is -0.332. The van der Waals surface area contributed by atoms with Gasteiger partial charge in [0.05, 0.1) is 12.7 Å². The van der Waals surface area contributed by atoms with E-state index in [-0.39, 0.29) is 23.0 Å². The van der Waals surface area contributed by atoms with Crippen LogP contribution in [0.2, 0.25) is 5.02 Å². The Bertz CT molecular complexity index is 1220. The molecular formula is C19H18ClN5O5S. The average molecular weight is 464 g/mol. The SMILES string of the molecule is COC(=O)c1ccc(Nc2cc(NCc3ccc(Cl)cc3)nc(S(C)(=O)=O)n2)[n+]([O-])c1. The zero-order valence-corrected chi connectivity index (χ0v) is 18.1. The van der Waals surface area contributed by atoms with E-state index in [2.05, 4.69) is 25.3 Å². The number of rotatable bonds is 7. The molecule has 0 spiro atoms. The molecule has 12 heteroatoms. The van der Waals surface area contributed by atoms with Crippen molar-refractivity contribution >= 4 is 44.9 Å². The summed E-state index contributed by atoms with van der Waals surface area (Å²) in [6, 6.07) is 11.3. The van der Waals surface area contributed by atoms with Crippen LogP contribution in [0.25, 0.3) is 0 Å². The fourth-order valence-electron chi connectivity index (χ4n) is 2.49. The number of sulfone groups is 1. The molecule has 0 aliphatic rings. The molecule has 162 valence electrons. The Balaban J connectivity index is 1.88. The number of nitrogens with one attached hydrogen (secondary N) is 2. The van der Waals surface area contributed by atoms with Gasteiger partial charge in [-0.15, -0.1) is 0 Å². The van der Waals surface area contributed by atoms with E-state index in [1.807, 2.05) is 12.1 Å². The van der Waals surface area contributed by atoms with Gasteiger partial charge in [0.15, 0.2) is 0 Å². The number of hydrogen-bond acceptors (Lipinski definition) is 9. The van der Waals surface area contributed by atoms with Gasteiger partial charge in [-0.05, 0) is 23.8 Å². The van der Waals surface area contributed by atoms with Crippen molar-refractivity contribution in [2.24, 2.45) is 0 Å². The maximum Gasteiger partial charge on any atom is 0.341 e. The Labute approximate surface area is 183 Å². The minimum absolute atomic E-state index is 0.0226. The first-order valence-corrected chi connectivity index (χ1v) is 11.1. The van der Waals surface area contributed by atoms with Gasteiger partial charge in [-0.3, -0.25) is 0 Å². The highest BCUT2D eigenvalue weighted by atomic mass is 35.5. The third kappa shape index (κ3) is 5.80. The molecule has 0 unspecified atom stereocenters. The van der Waals surface area contributed by atoms with Gasteiger partial charge in [0.2, 0.25) is 15.7 Å². The van der Waals surface area contributed by atoms with Crippen LogP contribution in [0.3, 0.4) is 0 Å². The maximum atomic E-state index is 12.2. The molecule has 31 heavy (non-hydrogen) atoms. The van der Waals surface area contributed by atoms with Crippen LogP contribution in [-0.2, 0) is 21.1 Å². The zero-order chi connectivity index (χ0) is 22.6. The second-order valence-corrected chi connectivity index (χ2v) is 8.76. The van der Waals surface area contributed by atoms with Crippen LogP contribution >= 0.6 is 11.6 Å². The summed E-state index contributed by atoms with van der Waals surface area (Å²) < 4.78 is 29.0. The van der Waals surface area contributed by atoms with Crippen molar-refractivity contribution in [3.63, 3.8) is 0 Å². The third-order valence-corrected chi connectivity index (χ3v) is 5.11. The second kappa shape index (κ2) is 9.14. The number of anilines is 3. The Kier molecular flexibility index (Phi) is 6.56. The van der Waals surface area contributed by atoms with Crippen LogP contribution in [0.15, 0.2) is 53.8 Å². The summed E-state index contributed by atoms with van der Waals surface area (Å²) in [5, 5.41) is 18.2. The number of carbonyl (C=O) groups is 1.